The van der Waals surface area contributed by atoms with E-state index >= 15 is 0 Å². The lowest BCUT2D eigenvalue weighted by atomic mass is 9.95. The summed E-state index contributed by atoms with van der Waals surface area (Å²) in [5.41, 5.74) is 1.11. The first-order chi connectivity index (χ1) is 11.3. The second-order valence-corrected chi connectivity index (χ2v) is 7.54. The molecule has 2 amide bonds. The van der Waals surface area contributed by atoms with Crippen molar-refractivity contribution in [3.63, 3.8) is 0 Å². The maximum absolute atomic E-state index is 12.0. The van der Waals surface area contributed by atoms with E-state index in [1.54, 1.807) is 0 Å². The smallest absolute Gasteiger partial charge is 0.239 e. The van der Waals surface area contributed by atoms with Crippen LogP contribution < -0.4 is 16.0 Å². The van der Waals surface area contributed by atoms with Crippen molar-refractivity contribution in [3.05, 3.63) is 24.3 Å². The summed E-state index contributed by atoms with van der Waals surface area (Å²) in [6, 6.07) is 7.76. The van der Waals surface area contributed by atoms with Crippen LogP contribution >= 0.6 is 0 Å². The van der Waals surface area contributed by atoms with Crippen molar-refractivity contribution in [1.29, 1.82) is 0 Å². The van der Waals surface area contributed by atoms with Crippen LogP contribution in [0.3, 0.4) is 0 Å². The molecule has 0 radical (unpaired) electrons. The number of anilines is 2. The Bertz CT molecular complexity index is 572. The van der Waals surface area contributed by atoms with Crippen molar-refractivity contribution in [2.24, 2.45) is 5.41 Å². The molecule has 5 nitrogen and oxygen atoms in total. The molecule has 5 heteroatoms. The zero-order valence-corrected chi connectivity index (χ0v) is 14.9. The summed E-state index contributed by atoms with van der Waals surface area (Å²) >= 11 is 0. The highest BCUT2D eigenvalue weighted by molar-refractivity contribution is 5.95. The number of carbonyl (C=O) groups excluding carboxylic acids is 2. The number of nitrogens with one attached hydrogen (secondary N) is 3. The molecule has 132 valence electrons. The number of hydrogen-bond acceptors (Lipinski definition) is 3. The van der Waals surface area contributed by atoms with Gasteiger partial charge in [0.05, 0.1) is 6.54 Å². The fourth-order valence-electron chi connectivity index (χ4n) is 2.73. The zero-order chi connectivity index (χ0) is 17.6. The SMILES string of the molecule is CC(C)(C)C(=O)Nc1cccc(NCC(=O)NC2CCCCC2)c1. The van der Waals surface area contributed by atoms with Gasteiger partial charge in [0.15, 0.2) is 0 Å². The van der Waals surface area contributed by atoms with Gasteiger partial charge in [-0.2, -0.15) is 0 Å². The van der Waals surface area contributed by atoms with Gasteiger partial charge in [0.2, 0.25) is 11.8 Å². The highest BCUT2D eigenvalue weighted by atomic mass is 16.2. The van der Waals surface area contributed by atoms with Gasteiger partial charge >= 0.3 is 0 Å². The molecule has 1 aromatic carbocycles. The minimum Gasteiger partial charge on any atom is -0.376 e. The first kappa shape index (κ1) is 18.3. The Hall–Kier alpha value is -2.04. The van der Waals surface area contributed by atoms with Crippen molar-refractivity contribution in [3.8, 4) is 0 Å². The van der Waals surface area contributed by atoms with Gasteiger partial charge in [0.1, 0.15) is 0 Å². The van der Waals surface area contributed by atoms with Crippen molar-refractivity contribution < 1.29 is 9.59 Å². The summed E-state index contributed by atoms with van der Waals surface area (Å²) in [7, 11) is 0. The van der Waals surface area contributed by atoms with E-state index in [2.05, 4.69) is 16.0 Å². The van der Waals surface area contributed by atoms with Crippen LogP contribution in [0.25, 0.3) is 0 Å². The minimum absolute atomic E-state index is 0.0195. The summed E-state index contributed by atoms with van der Waals surface area (Å²) in [4.78, 5) is 24.1. The Morgan fingerprint density at radius 1 is 1.08 bits per heavy atom. The maximum Gasteiger partial charge on any atom is 0.239 e. The molecule has 0 heterocycles. The van der Waals surface area contributed by atoms with Gasteiger partial charge in [-0.05, 0) is 31.0 Å². The highest BCUT2D eigenvalue weighted by Crippen LogP contribution is 2.20. The molecule has 1 saturated carbocycles. The summed E-state index contributed by atoms with van der Waals surface area (Å²) in [6.45, 7) is 5.87. The molecule has 1 aliphatic carbocycles. The lowest BCUT2D eigenvalue weighted by Gasteiger charge is -2.23. The van der Waals surface area contributed by atoms with Crippen LogP contribution in [0.1, 0.15) is 52.9 Å². The third kappa shape index (κ3) is 5.87. The van der Waals surface area contributed by atoms with E-state index in [4.69, 9.17) is 0 Å². The predicted octanol–water partition coefficient (Wildman–Crippen LogP) is 3.53. The van der Waals surface area contributed by atoms with E-state index in [0.717, 1.165) is 24.2 Å². The predicted molar refractivity (Wildman–Crippen MR) is 98.0 cm³/mol. The molecular weight excluding hydrogens is 302 g/mol. The number of rotatable bonds is 5. The molecule has 1 aliphatic rings. The fraction of sp³-hybridized carbons (Fsp3) is 0.579. The van der Waals surface area contributed by atoms with Crippen LogP contribution in [-0.2, 0) is 9.59 Å². The van der Waals surface area contributed by atoms with E-state index in [9.17, 15) is 9.59 Å². The van der Waals surface area contributed by atoms with Crippen molar-refractivity contribution >= 4 is 23.2 Å². The lowest BCUT2D eigenvalue weighted by Crippen LogP contribution is -2.39. The molecule has 2 rings (SSSR count). The molecular formula is C19H29N3O2. The number of hydrogen-bond donors (Lipinski definition) is 3. The molecule has 0 bridgehead atoms. The maximum atomic E-state index is 12.0. The average molecular weight is 331 g/mol. The van der Waals surface area contributed by atoms with Crippen LogP contribution in [0.2, 0.25) is 0 Å². The quantitative estimate of drug-likeness (QED) is 0.773. The Labute approximate surface area is 144 Å². The topological polar surface area (TPSA) is 70.2 Å². The molecule has 3 N–H and O–H groups in total. The average Bonchev–Trinajstić information content (AvgIpc) is 2.53. The fourth-order valence-corrected chi connectivity index (χ4v) is 2.73. The van der Waals surface area contributed by atoms with Gasteiger partial charge in [-0.3, -0.25) is 9.59 Å². The van der Waals surface area contributed by atoms with Gasteiger partial charge in [0.25, 0.3) is 0 Å². The van der Waals surface area contributed by atoms with Gasteiger partial charge < -0.3 is 16.0 Å². The van der Waals surface area contributed by atoms with E-state index in [-0.39, 0.29) is 18.4 Å². The molecule has 0 saturated heterocycles. The highest BCUT2D eigenvalue weighted by Gasteiger charge is 2.21. The van der Waals surface area contributed by atoms with Gasteiger partial charge in [0, 0.05) is 22.8 Å². The number of benzene rings is 1. The number of amides is 2. The molecule has 0 spiro atoms. The molecule has 0 atom stereocenters. The van der Waals surface area contributed by atoms with Crippen molar-refractivity contribution in [2.45, 2.75) is 58.9 Å². The Balaban J connectivity index is 1.83. The van der Waals surface area contributed by atoms with Crippen LogP contribution in [0.5, 0.6) is 0 Å². The Kier molecular flexibility index (Phi) is 6.23. The zero-order valence-electron chi connectivity index (χ0n) is 14.9. The van der Waals surface area contributed by atoms with Crippen LogP contribution in [-0.4, -0.2) is 24.4 Å². The normalized spacial score (nSPS) is 15.6. The van der Waals surface area contributed by atoms with Gasteiger partial charge in [-0.1, -0.05) is 46.1 Å². The van der Waals surface area contributed by atoms with E-state index in [0.29, 0.717) is 6.04 Å². The Morgan fingerprint density at radius 2 is 1.75 bits per heavy atom. The van der Waals surface area contributed by atoms with Gasteiger partial charge in [-0.25, -0.2) is 0 Å². The second-order valence-electron chi connectivity index (χ2n) is 7.54. The van der Waals surface area contributed by atoms with E-state index in [1.165, 1.54) is 19.3 Å². The van der Waals surface area contributed by atoms with Crippen LogP contribution in [0, 0.1) is 5.41 Å². The van der Waals surface area contributed by atoms with Gasteiger partial charge in [-0.15, -0.1) is 0 Å². The van der Waals surface area contributed by atoms with Crippen molar-refractivity contribution in [1.82, 2.24) is 5.32 Å². The molecule has 0 unspecified atom stereocenters. The molecule has 0 aromatic heterocycles. The third-order valence-corrected chi connectivity index (χ3v) is 4.22. The third-order valence-electron chi connectivity index (χ3n) is 4.22. The molecule has 1 aromatic rings. The lowest BCUT2D eigenvalue weighted by molar-refractivity contribution is -0.123. The van der Waals surface area contributed by atoms with E-state index in [1.807, 2.05) is 45.0 Å². The molecule has 1 fully saturated rings. The minimum atomic E-state index is -0.441. The largest absolute Gasteiger partial charge is 0.376 e. The van der Waals surface area contributed by atoms with Crippen LogP contribution in [0.4, 0.5) is 11.4 Å². The first-order valence-electron chi connectivity index (χ1n) is 8.79. The summed E-state index contributed by atoms with van der Waals surface area (Å²) in [5, 5.41) is 9.10. The summed E-state index contributed by atoms with van der Waals surface area (Å²) in [5.74, 6) is -0.0132. The number of carbonyl (C=O) groups is 2. The van der Waals surface area contributed by atoms with Crippen LogP contribution in [0.15, 0.2) is 24.3 Å². The summed E-state index contributed by atoms with van der Waals surface area (Å²) < 4.78 is 0. The summed E-state index contributed by atoms with van der Waals surface area (Å²) in [6.07, 6.45) is 5.85. The standard InChI is InChI=1S/C19H29N3O2/c1-19(2,3)18(24)22-16-11-7-10-15(12-16)20-13-17(23)21-14-8-5-4-6-9-14/h7,10-12,14,20H,4-6,8-9,13H2,1-3H3,(H,21,23)(H,22,24). The molecule has 24 heavy (non-hydrogen) atoms. The molecule has 0 aliphatic heterocycles. The monoisotopic (exact) mass is 331 g/mol. The van der Waals surface area contributed by atoms with Crippen molar-refractivity contribution in [2.75, 3.05) is 17.2 Å². The second kappa shape index (κ2) is 8.18. The van der Waals surface area contributed by atoms with E-state index < -0.39 is 5.41 Å². The first-order valence-corrected chi connectivity index (χ1v) is 8.79. The Morgan fingerprint density at radius 3 is 2.42 bits per heavy atom.